The maximum absolute atomic E-state index is 12.5. The average Bonchev–Trinajstić information content (AvgIpc) is 2.56. The zero-order valence-electron chi connectivity index (χ0n) is 14.3. The molecule has 1 heterocycles. The van der Waals surface area contributed by atoms with Crippen LogP contribution in [0.1, 0.15) is 42.9 Å². The molecule has 1 amide bonds. The fourth-order valence-electron chi connectivity index (χ4n) is 2.39. The van der Waals surface area contributed by atoms with E-state index in [0.29, 0.717) is 11.6 Å². The highest BCUT2D eigenvalue weighted by Gasteiger charge is 2.14. The number of amides is 1. The summed E-state index contributed by atoms with van der Waals surface area (Å²) in [5.41, 5.74) is 1.91. The summed E-state index contributed by atoms with van der Waals surface area (Å²) in [6, 6.07) is 9.18. The summed E-state index contributed by atoms with van der Waals surface area (Å²) in [7, 11) is 0. The molecule has 5 nitrogen and oxygen atoms in total. The molecule has 0 aliphatic rings. The number of nitrogens with one attached hydrogen (secondary N) is 1. The molecule has 128 valence electrons. The zero-order chi connectivity index (χ0) is 17.5. The van der Waals surface area contributed by atoms with Gasteiger partial charge in [0.25, 0.3) is 5.91 Å². The van der Waals surface area contributed by atoms with Gasteiger partial charge in [0.1, 0.15) is 5.69 Å². The lowest BCUT2D eigenvalue weighted by atomic mass is 10.3. The summed E-state index contributed by atoms with van der Waals surface area (Å²) in [6.45, 7) is 7.90. The van der Waals surface area contributed by atoms with E-state index in [4.69, 9.17) is 0 Å². The predicted octanol–water partition coefficient (Wildman–Crippen LogP) is 4.43. The Morgan fingerprint density at radius 1 is 1.12 bits per heavy atom. The van der Waals surface area contributed by atoms with E-state index in [1.807, 2.05) is 31.2 Å². The molecule has 1 aromatic carbocycles. The molecule has 1 N–H and O–H groups in total. The van der Waals surface area contributed by atoms with Crippen LogP contribution in [0.4, 0.5) is 11.6 Å². The van der Waals surface area contributed by atoms with Crippen LogP contribution in [0.5, 0.6) is 0 Å². The highest BCUT2D eigenvalue weighted by molar-refractivity contribution is 9.10. The first-order valence-electron chi connectivity index (χ1n) is 8.21. The lowest BCUT2D eigenvalue weighted by Crippen LogP contribution is -2.28. The van der Waals surface area contributed by atoms with Crippen molar-refractivity contribution in [1.29, 1.82) is 0 Å². The van der Waals surface area contributed by atoms with Crippen molar-refractivity contribution in [3.05, 3.63) is 46.2 Å². The summed E-state index contributed by atoms with van der Waals surface area (Å²) in [5, 5.41) is 2.87. The van der Waals surface area contributed by atoms with Gasteiger partial charge in [0.2, 0.25) is 5.95 Å². The van der Waals surface area contributed by atoms with Gasteiger partial charge in [-0.05, 0) is 50.1 Å². The minimum absolute atomic E-state index is 0.225. The number of hydrogen-bond donors (Lipinski definition) is 1. The molecule has 0 bridgehead atoms. The third-order valence-electron chi connectivity index (χ3n) is 3.45. The quantitative estimate of drug-likeness (QED) is 0.759. The normalized spacial score (nSPS) is 10.5. The molecule has 0 fully saturated rings. The fourth-order valence-corrected chi connectivity index (χ4v) is 2.65. The molecule has 2 aromatic rings. The van der Waals surface area contributed by atoms with Crippen molar-refractivity contribution in [3.8, 4) is 0 Å². The van der Waals surface area contributed by atoms with Crippen LogP contribution in [0.2, 0.25) is 0 Å². The number of rotatable bonds is 7. The summed E-state index contributed by atoms with van der Waals surface area (Å²) < 4.78 is 0.968. The Morgan fingerprint density at radius 3 is 2.33 bits per heavy atom. The SMILES string of the molecule is CCCN(CCC)c1nc(C)cc(C(=O)Nc2ccc(Br)cc2)n1. The van der Waals surface area contributed by atoms with Gasteiger partial charge < -0.3 is 10.2 Å². The fraction of sp³-hybridized carbons (Fsp3) is 0.389. The second-order valence-corrected chi connectivity index (χ2v) is 6.56. The number of carbonyl (C=O) groups excluding carboxylic acids is 1. The molecule has 0 unspecified atom stereocenters. The van der Waals surface area contributed by atoms with Crippen molar-refractivity contribution in [2.75, 3.05) is 23.3 Å². The van der Waals surface area contributed by atoms with Gasteiger partial charge >= 0.3 is 0 Å². The molecule has 24 heavy (non-hydrogen) atoms. The summed E-state index contributed by atoms with van der Waals surface area (Å²) in [4.78, 5) is 23.6. The van der Waals surface area contributed by atoms with E-state index in [1.54, 1.807) is 6.07 Å². The standard InChI is InChI=1S/C18H23BrN4O/c1-4-10-23(11-5-2)18-20-13(3)12-16(22-18)17(24)21-15-8-6-14(19)7-9-15/h6-9,12H,4-5,10-11H2,1-3H3,(H,21,24). The maximum atomic E-state index is 12.5. The number of carbonyl (C=O) groups is 1. The Morgan fingerprint density at radius 2 is 1.75 bits per heavy atom. The van der Waals surface area contributed by atoms with E-state index >= 15 is 0 Å². The zero-order valence-corrected chi connectivity index (χ0v) is 15.9. The Balaban J connectivity index is 2.22. The Bertz CT molecular complexity index is 682. The van der Waals surface area contributed by atoms with Crippen LogP contribution in [0.25, 0.3) is 0 Å². The molecule has 0 spiro atoms. The van der Waals surface area contributed by atoms with Crippen molar-refractivity contribution in [2.45, 2.75) is 33.6 Å². The van der Waals surface area contributed by atoms with E-state index in [-0.39, 0.29) is 5.91 Å². The summed E-state index contributed by atoms with van der Waals surface area (Å²) in [5.74, 6) is 0.400. The van der Waals surface area contributed by atoms with Crippen LogP contribution in [-0.4, -0.2) is 29.0 Å². The van der Waals surface area contributed by atoms with E-state index < -0.39 is 0 Å². The average molecular weight is 391 g/mol. The molecule has 6 heteroatoms. The number of hydrogen-bond acceptors (Lipinski definition) is 4. The molecule has 2 rings (SSSR count). The molecule has 0 radical (unpaired) electrons. The molecule has 0 saturated carbocycles. The number of aromatic nitrogens is 2. The van der Waals surface area contributed by atoms with E-state index in [1.165, 1.54) is 0 Å². The van der Waals surface area contributed by atoms with Crippen LogP contribution >= 0.6 is 15.9 Å². The first-order chi connectivity index (χ1) is 11.5. The Kier molecular flexibility index (Phi) is 6.73. The lowest BCUT2D eigenvalue weighted by molar-refractivity contribution is 0.102. The third-order valence-corrected chi connectivity index (χ3v) is 3.98. The largest absolute Gasteiger partial charge is 0.341 e. The van der Waals surface area contributed by atoms with Crippen molar-refractivity contribution in [3.63, 3.8) is 0 Å². The number of benzene rings is 1. The Hall–Kier alpha value is -1.95. The van der Waals surface area contributed by atoms with Gasteiger partial charge in [-0.3, -0.25) is 4.79 Å². The van der Waals surface area contributed by atoms with E-state index in [9.17, 15) is 4.79 Å². The van der Waals surface area contributed by atoms with Gasteiger partial charge in [0, 0.05) is 28.9 Å². The smallest absolute Gasteiger partial charge is 0.274 e. The molecule has 0 atom stereocenters. The third kappa shape index (κ3) is 5.03. The second-order valence-electron chi connectivity index (χ2n) is 5.64. The van der Waals surface area contributed by atoms with Crippen molar-refractivity contribution in [1.82, 2.24) is 9.97 Å². The molecule has 0 aliphatic carbocycles. The number of nitrogens with zero attached hydrogens (tertiary/aromatic N) is 3. The highest BCUT2D eigenvalue weighted by atomic mass is 79.9. The molecule has 0 aliphatic heterocycles. The van der Waals surface area contributed by atoms with E-state index in [0.717, 1.165) is 41.8 Å². The number of halogens is 1. The van der Waals surface area contributed by atoms with Gasteiger partial charge in [-0.2, -0.15) is 0 Å². The first kappa shape index (κ1) is 18.4. The maximum Gasteiger partial charge on any atom is 0.274 e. The van der Waals surface area contributed by atoms with Gasteiger partial charge in [-0.1, -0.05) is 29.8 Å². The molecular formula is C18H23BrN4O. The first-order valence-corrected chi connectivity index (χ1v) is 9.00. The van der Waals surface area contributed by atoms with Crippen LogP contribution in [0.15, 0.2) is 34.8 Å². The minimum Gasteiger partial charge on any atom is -0.341 e. The summed E-state index contributed by atoms with van der Waals surface area (Å²) in [6.07, 6.45) is 2.02. The topological polar surface area (TPSA) is 58.1 Å². The number of aryl methyl sites for hydroxylation is 1. The Labute approximate surface area is 151 Å². The highest BCUT2D eigenvalue weighted by Crippen LogP contribution is 2.16. The molecule has 0 saturated heterocycles. The van der Waals surface area contributed by atoms with Gasteiger partial charge in [-0.25, -0.2) is 9.97 Å². The van der Waals surface area contributed by atoms with Gasteiger partial charge in [0.05, 0.1) is 0 Å². The van der Waals surface area contributed by atoms with Crippen LogP contribution in [0.3, 0.4) is 0 Å². The lowest BCUT2D eigenvalue weighted by Gasteiger charge is -2.22. The molecule has 1 aromatic heterocycles. The van der Waals surface area contributed by atoms with E-state index in [2.05, 4.69) is 50.0 Å². The van der Waals surface area contributed by atoms with Crippen molar-refractivity contribution >= 4 is 33.5 Å². The van der Waals surface area contributed by atoms with Gasteiger partial charge in [0.15, 0.2) is 0 Å². The van der Waals surface area contributed by atoms with Crippen LogP contribution < -0.4 is 10.2 Å². The summed E-state index contributed by atoms with van der Waals surface area (Å²) >= 11 is 3.38. The van der Waals surface area contributed by atoms with Crippen LogP contribution in [0, 0.1) is 6.92 Å². The monoisotopic (exact) mass is 390 g/mol. The van der Waals surface area contributed by atoms with Crippen LogP contribution in [-0.2, 0) is 0 Å². The molecular weight excluding hydrogens is 368 g/mol. The van der Waals surface area contributed by atoms with Crippen molar-refractivity contribution in [2.24, 2.45) is 0 Å². The number of anilines is 2. The van der Waals surface area contributed by atoms with Gasteiger partial charge in [-0.15, -0.1) is 0 Å². The minimum atomic E-state index is -0.225. The second kappa shape index (κ2) is 8.78. The van der Waals surface area contributed by atoms with Crippen molar-refractivity contribution < 1.29 is 4.79 Å². The predicted molar refractivity (Wildman–Crippen MR) is 102 cm³/mol.